The van der Waals surface area contributed by atoms with E-state index in [1.54, 1.807) is 12.1 Å². The van der Waals surface area contributed by atoms with E-state index in [9.17, 15) is 10.1 Å². The lowest BCUT2D eigenvalue weighted by atomic mass is 10.1. The summed E-state index contributed by atoms with van der Waals surface area (Å²) in [6.07, 6.45) is 1.13. The summed E-state index contributed by atoms with van der Waals surface area (Å²) in [7, 11) is 2.04. The van der Waals surface area contributed by atoms with Crippen molar-refractivity contribution in [3.8, 4) is 0 Å². The zero-order chi connectivity index (χ0) is 13.7. The maximum Gasteiger partial charge on any atom is 0.283 e. The van der Waals surface area contributed by atoms with Crippen LogP contribution >= 0.6 is 15.9 Å². The Kier molecular flexibility index (Phi) is 5.75. The van der Waals surface area contributed by atoms with Crippen LogP contribution in [0.1, 0.15) is 25.8 Å². The molecule has 1 aromatic rings. The SMILES string of the molecule is CC(C)CCN(C)Cc1ccc(Br)c([N+](=O)[O-])c1. The average molecular weight is 315 g/mol. The van der Waals surface area contributed by atoms with E-state index in [0.717, 1.165) is 25.1 Å². The maximum absolute atomic E-state index is 10.8. The van der Waals surface area contributed by atoms with Gasteiger partial charge in [0.15, 0.2) is 0 Å². The van der Waals surface area contributed by atoms with Crippen LogP contribution in [-0.4, -0.2) is 23.4 Å². The fourth-order valence-corrected chi connectivity index (χ4v) is 2.06. The Labute approximate surface area is 116 Å². The fraction of sp³-hybridized carbons (Fsp3) is 0.538. The zero-order valence-electron chi connectivity index (χ0n) is 11.0. The molecule has 0 atom stereocenters. The maximum atomic E-state index is 10.8. The van der Waals surface area contributed by atoms with Gasteiger partial charge in [-0.2, -0.15) is 0 Å². The monoisotopic (exact) mass is 314 g/mol. The van der Waals surface area contributed by atoms with Gasteiger partial charge in [-0.05, 0) is 53.5 Å². The van der Waals surface area contributed by atoms with Gasteiger partial charge in [-0.1, -0.05) is 19.9 Å². The summed E-state index contributed by atoms with van der Waals surface area (Å²) >= 11 is 3.19. The molecule has 0 aromatic heterocycles. The van der Waals surface area contributed by atoms with Crippen LogP contribution in [0.3, 0.4) is 0 Å². The second-order valence-corrected chi connectivity index (χ2v) is 5.82. The van der Waals surface area contributed by atoms with Gasteiger partial charge in [0, 0.05) is 12.6 Å². The van der Waals surface area contributed by atoms with Crippen LogP contribution < -0.4 is 0 Å². The van der Waals surface area contributed by atoms with E-state index in [-0.39, 0.29) is 10.6 Å². The lowest BCUT2D eigenvalue weighted by Gasteiger charge is -2.17. The molecule has 0 unspecified atom stereocenters. The van der Waals surface area contributed by atoms with Crippen LogP contribution in [-0.2, 0) is 6.54 Å². The molecular weight excluding hydrogens is 296 g/mol. The molecule has 100 valence electrons. The predicted molar refractivity (Wildman–Crippen MR) is 76.6 cm³/mol. The van der Waals surface area contributed by atoms with Crippen LogP contribution in [0.25, 0.3) is 0 Å². The molecule has 1 aromatic carbocycles. The second-order valence-electron chi connectivity index (χ2n) is 4.96. The number of rotatable bonds is 6. The zero-order valence-corrected chi connectivity index (χ0v) is 12.6. The highest BCUT2D eigenvalue weighted by molar-refractivity contribution is 9.10. The summed E-state index contributed by atoms with van der Waals surface area (Å²) in [5.74, 6) is 0.673. The van der Waals surface area contributed by atoms with E-state index in [2.05, 4.69) is 34.7 Å². The molecule has 0 bridgehead atoms. The van der Waals surface area contributed by atoms with Crippen LogP contribution in [0.2, 0.25) is 0 Å². The summed E-state index contributed by atoms with van der Waals surface area (Å²) in [5.41, 5.74) is 1.10. The quantitative estimate of drug-likeness (QED) is 0.592. The first-order valence-corrected chi connectivity index (χ1v) is 6.80. The van der Waals surface area contributed by atoms with E-state index in [1.807, 2.05) is 13.1 Å². The molecule has 0 amide bonds. The van der Waals surface area contributed by atoms with Crippen molar-refractivity contribution in [3.63, 3.8) is 0 Å². The number of benzene rings is 1. The molecule has 0 radical (unpaired) electrons. The van der Waals surface area contributed by atoms with Crippen molar-refractivity contribution < 1.29 is 4.92 Å². The van der Waals surface area contributed by atoms with Crippen molar-refractivity contribution in [3.05, 3.63) is 38.3 Å². The molecule has 0 spiro atoms. The van der Waals surface area contributed by atoms with Gasteiger partial charge in [-0.15, -0.1) is 0 Å². The van der Waals surface area contributed by atoms with Crippen molar-refractivity contribution in [2.75, 3.05) is 13.6 Å². The van der Waals surface area contributed by atoms with Gasteiger partial charge < -0.3 is 4.90 Å². The highest BCUT2D eigenvalue weighted by Gasteiger charge is 2.13. The lowest BCUT2D eigenvalue weighted by molar-refractivity contribution is -0.385. The van der Waals surface area contributed by atoms with Crippen LogP contribution in [0.15, 0.2) is 22.7 Å². The van der Waals surface area contributed by atoms with E-state index < -0.39 is 0 Å². The Morgan fingerprint density at radius 1 is 1.44 bits per heavy atom. The molecule has 0 N–H and O–H groups in total. The summed E-state index contributed by atoms with van der Waals surface area (Å²) in [5, 5.41) is 10.8. The molecule has 0 saturated heterocycles. The minimum atomic E-state index is -0.359. The molecule has 1 rings (SSSR count). The highest BCUT2D eigenvalue weighted by atomic mass is 79.9. The van der Waals surface area contributed by atoms with Gasteiger partial charge in [0.25, 0.3) is 5.69 Å². The van der Waals surface area contributed by atoms with E-state index in [1.165, 1.54) is 0 Å². The van der Waals surface area contributed by atoms with Gasteiger partial charge in [0.05, 0.1) is 9.40 Å². The molecule has 0 heterocycles. The number of hydrogen-bond acceptors (Lipinski definition) is 3. The third-order valence-electron chi connectivity index (χ3n) is 2.75. The topological polar surface area (TPSA) is 46.4 Å². The number of halogens is 1. The third-order valence-corrected chi connectivity index (χ3v) is 3.42. The summed E-state index contributed by atoms with van der Waals surface area (Å²) in [4.78, 5) is 12.7. The van der Waals surface area contributed by atoms with Gasteiger partial charge in [-0.25, -0.2) is 0 Å². The molecule has 0 aliphatic heterocycles. The molecule has 0 aliphatic carbocycles. The first-order valence-electron chi connectivity index (χ1n) is 6.01. The summed E-state index contributed by atoms with van der Waals surface area (Å²) < 4.78 is 0.529. The first-order chi connectivity index (χ1) is 8.40. The minimum absolute atomic E-state index is 0.129. The molecule has 4 nitrogen and oxygen atoms in total. The second kappa shape index (κ2) is 6.85. The molecule has 5 heteroatoms. The number of nitro benzene ring substituents is 1. The van der Waals surface area contributed by atoms with E-state index in [4.69, 9.17) is 0 Å². The third kappa shape index (κ3) is 4.74. The van der Waals surface area contributed by atoms with Crippen molar-refractivity contribution in [1.82, 2.24) is 4.90 Å². The van der Waals surface area contributed by atoms with Crippen molar-refractivity contribution >= 4 is 21.6 Å². The summed E-state index contributed by atoms with van der Waals surface area (Å²) in [6.45, 7) is 6.12. The predicted octanol–water partition coefficient (Wildman–Crippen LogP) is 3.84. The van der Waals surface area contributed by atoms with Crippen LogP contribution in [0, 0.1) is 16.0 Å². The van der Waals surface area contributed by atoms with Crippen LogP contribution in [0.5, 0.6) is 0 Å². The largest absolute Gasteiger partial charge is 0.302 e. The molecular formula is C13H19BrN2O2. The van der Waals surface area contributed by atoms with Crippen molar-refractivity contribution in [1.29, 1.82) is 0 Å². The van der Waals surface area contributed by atoms with Crippen molar-refractivity contribution in [2.45, 2.75) is 26.8 Å². The Morgan fingerprint density at radius 3 is 2.67 bits per heavy atom. The van der Waals surface area contributed by atoms with Gasteiger partial charge in [0.2, 0.25) is 0 Å². The van der Waals surface area contributed by atoms with E-state index >= 15 is 0 Å². The minimum Gasteiger partial charge on any atom is -0.302 e. The fourth-order valence-electron chi connectivity index (χ4n) is 1.67. The Morgan fingerprint density at radius 2 is 2.11 bits per heavy atom. The number of nitrogens with zero attached hydrogens (tertiary/aromatic N) is 2. The Hall–Kier alpha value is -0.940. The number of nitro groups is 1. The lowest BCUT2D eigenvalue weighted by Crippen LogP contribution is -2.20. The van der Waals surface area contributed by atoms with E-state index in [0.29, 0.717) is 10.4 Å². The smallest absolute Gasteiger partial charge is 0.283 e. The first kappa shape index (κ1) is 15.1. The van der Waals surface area contributed by atoms with Crippen molar-refractivity contribution in [2.24, 2.45) is 5.92 Å². The van der Waals surface area contributed by atoms with Gasteiger partial charge >= 0.3 is 0 Å². The standard InChI is InChI=1S/C13H19BrN2O2/c1-10(2)6-7-15(3)9-11-4-5-12(14)13(8-11)16(17)18/h4-5,8,10H,6-7,9H2,1-3H3. The molecule has 0 fully saturated rings. The summed E-state index contributed by atoms with van der Waals surface area (Å²) in [6, 6.07) is 5.29. The molecule has 0 saturated carbocycles. The molecule has 18 heavy (non-hydrogen) atoms. The highest BCUT2D eigenvalue weighted by Crippen LogP contribution is 2.26. The Bertz CT molecular complexity index is 421. The average Bonchev–Trinajstić information content (AvgIpc) is 2.28. The normalized spacial score (nSPS) is 11.2. The van der Waals surface area contributed by atoms with Gasteiger partial charge in [0.1, 0.15) is 0 Å². The van der Waals surface area contributed by atoms with Crippen LogP contribution in [0.4, 0.5) is 5.69 Å². The molecule has 0 aliphatic rings. The van der Waals surface area contributed by atoms with Gasteiger partial charge in [-0.3, -0.25) is 10.1 Å². The number of hydrogen-bond donors (Lipinski definition) is 0. The Balaban J connectivity index is 2.67.